The highest BCUT2D eigenvalue weighted by molar-refractivity contribution is 7.19. The van der Waals surface area contributed by atoms with Crippen LogP contribution in [0, 0.1) is 6.92 Å². The van der Waals surface area contributed by atoms with E-state index < -0.39 is 0 Å². The Kier molecular flexibility index (Phi) is 4.35. The number of aromatic nitrogens is 1. The summed E-state index contributed by atoms with van der Waals surface area (Å²) >= 11 is 7.12. The average molecular weight is 233 g/mol. The van der Waals surface area contributed by atoms with Crippen molar-refractivity contribution in [2.24, 2.45) is 0 Å². The number of nitrogens with one attached hydrogen (secondary N) is 1. The van der Waals surface area contributed by atoms with Crippen LogP contribution in [0.25, 0.3) is 0 Å². The minimum Gasteiger partial charge on any atom is -0.302 e. The molecule has 1 rings (SSSR count). The number of carbonyl (C=O) groups is 1. The molecule has 1 N–H and O–H groups in total. The Labute approximate surface area is 92.5 Å². The van der Waals surface area contributed by atoms with Gasteiger partial charge in [-0.05, 0) is 13.3 Å². The number of carbonyl (C=O) groups excluding carboxylic acids is 1. The Bertz CT molecular complexity index is 305. The first-order chi connectivity index (χ1) is 6.63. The Morgan fingerprint density at radius 1 is 1.64 bits per heavy atom. The monoisotopic (exact) mass is 232 g/mol. The average Bonchev–Trinajstić information content (AvgIpc) is 2.42. The van der Waals surface area contributed by atoms with Gasteiger partial charge < -0.3 is 5.32 Å². The summed E-state index contributed by atoms with van der Waals surface area (Å²) in [5.74, 6) is 0.0114. The van der Waals surface area contributed by atoms with E-state index in [4.69, 9.17) is 11.6 Å². The standard InChI is InChI=1S/C9H13ClN2OS/c1-3-4-5-7(13)12-9-11-6(2)8(10)14-9/h3-5H2,1-2H3,(H,11,12,13). The molecule has 0 fully saturated rings. The molecule has 0 atom stereocenters. The zero-order chi connectivity index (χ0) is 10.6. The molecule has 78 valence electrons. The van der Waals surface area contributed by atoms with E-state index in [1.54, 1.807) is 0 Å². The van der Waals surface area contributed by atoms with Crippen LogP contribution in [0.1, 0.15) is 31.9 Å². The summed E-state index contributed by atoms with van der Waals surface area (Å²) in [7, 11) is 0. The highest BCUT2D eigenvalue weighted by Gasteiger charge is 2.07. The van der Waals surface area contributed by atoms with Crippen LogP contribution in [0.5, 0.6) is 0 Å². The molecule has 0 saturated carbocycles. The maximum absolute atomic E-state index is 11.3. The van der Waals surface area contributed by atoms with Gasteiger partial charge in [0.05, 0.1) is 5.69 Å². The predicted octanol–water partition coefficient (Wildman–Crippen LogP) is 3.23. The van der Waals surface area contributed by atoms with Crippen molar-refractivity contribution >= 4 is 34.0 Å². The summed E-state index contributed by atoms with van der Waals surface area (Å²) in [6, 6.07) is 0. The van der Waals surface area contributed by atoms with E-state index in [-0.39, 0.29) is 5.91 Å². The number of amides is 1. The summed E-state index contributed by atoms with van der Waals surface area (Å²) in [5, 5.41) is 3.31. The quantitative estimate of drug-likeness (QED) is 0.866. The first-order valence-electron chi connectivity index (χ1n) is 4.56. The third-order valence-corrected chi connectivity index (χ3v) is 3.11. The Balaban J connectivity index is 2.48. The lowest BCUT2D eigenvalue weighted by Crippen LogP contribution is -2.10. The van der Waals surface area contributed by atoms with Crippen molar-refractivity contribution < 1.29 is 4.79 Å². The van der Waals surface area contributed by atoms with Gasteiger partial charge in [-0.2, -0.15) is 0 Å². The fraction of sp³-hybridized carbons (Fsp3) is 0.556. The SMILES string of the molecule is CCCCC(=O)Nc1nc(C)c(Cl)s1. The van der Waals surface area contributed by atoms with E-state index in [1.807, 2.05) is 6.92 Å². The lowest BCUT2D eigenvalue weighted by atomic mass is 10.2. The van der Waals surface area contributed by atoms with Gasteiger partial charge in [-0.3, -0.25) is 4.79 Å². The van der Waals surface area contributed by atoms with E-state index in [1.165, 1.54) is 11.3 Å². The molecule has 0 radical (unpaired) electrons. The molecule has 0 saturated heterocycles. The van der Waals surface area contributed by atoms with E-state index >= 15 is 0 Å². The number of anilines is 1. The third kappa shape index (κ3) is 3.27. The maximum atomic E-state index is 11.3. The summed E-state index contributed by atoms with van der Waals surface area (Å²) in [6.45, 7) is 3.87. The molecule has 1 aromatic rings. The third-order valence-electron chi connectivity index (χ3n) is 1.74. The number of unbranched alkanes of at least 4 members (excludes halogenated alkanes) is 1. The molecule has 0 spiro atoms. The van der Waals surface area contributed by atoms with Gasteiger partial charge in [0.2, 0.25) is 5.91 Å². The van der Waals surface area contributed by atoms with Crippen molar-refractivity contribution in [1.29, 1.82) is 0 Å². The maximum Gasteiger partial charge on any atom is 0.226 e. The number of rotatable bonds is 4. The largest absolute Gasteiger partial charge is 0.302 e. The van der Waals surface area contributed by atoms with Crippen LogP contribution in [0.4, 0.5) is 5.13 Å². The van der Waals surface area contributed by atoms with Crippen molar-refractivity contribution in [3.63, 3.8) is 0 Å². The number of halogens is 1. The Morgan fingerprint density at radius 3 is 2.86 bits per heavy atom. The lowest BCUT2D eigenvalue weighted by Gasteiger charge is -1.98. The van der Waals surface area contributed by atoms with E-state index in [9.17, 15) is 4.79 Å². The van der Waals surface area contributed by atoms with Crippen LogP contribution < -0.4 is 5.32 Å². The smallest absolute Gasteiger partial charge is 0.226 e. The molecule has 0 unspecified atom stereocenters. The first kappa shape index (κ1) is 11.5. The number of hydrogen-bond acceptors (Lipinski definition) is 3. The molecule has 1 aromatic heterocycles. The molecule has 0 aliphatic rings. The molecule has 0 aromatic carbocycles. The number of hydrogen-bond donors (Lipinski definition) is 1. The zero-order valence-corrected chi connectivity index (χ0v) is 9.84. The van der Waals surface area contributed by atoms with Crippen molar-refractivity contribution in [2.75, 3.05) is 5.32 Å². The molecule has 5 heteroatoms. The number of thiazole rings is 1. The van der Waals surface area contributed by atoms with Crippen molar-refractivity contribution in [3.05, 3.63) is 10.0 Å². The summed E-state index contributed by atoms with van der Waals surface area (Å²) in [5.41, 5.74) is 0.766. The topological polar surface area (TPSA) is 42.0 Å². The normalized spacial score (nSPS) is 10.2. The Morgan fingerprint density at radius 2 is 2.36 bits per heavy atom. The molecular weight excluding hydrogens is 220 g/mol. The lowest BCUT2D eigenvalue weighted by molar-refractivity contribution is -0.116. The van der Waals surface area contributed by atoms with Crippen molar-refractivity contribution in [2.45, 2.75) is 33.1 Å². The van der Waals surface area contributed by atoms with Gasteiger partial charge in [-0.15, -0.1) is 0 Å². The van der Waals surface area contributed by atoms with Crippen LogP contribution in [0.15, 0.2) is 0 Å². The van der Waals surface area contributed by atoms with Gasteiger partial charge in [-0.25, -0.2) is 4.98 Å². The van der Waals surface area contributed by atoms with E-state index in [0.29, 0.717) is 15.9 Å². The number of nitrogens with zero attached hydrogens (tertiary/aromatic N) is 1. The van der Waals surface area contributed by atoms with Gasteiger partial charge >= 0.3 is 0 Å². The van der Waals surface area contributed by atoms with Gasteiger partial charge in [0.1, 0.15) is 4.34 Å². The van der Waals surface area contributed by atoms with Crippen molar-refractivity contribution in [1.82, 2.24) is 4.98 Å². The van der Waals surface area contributed by atoms with Crippen LogP contribution in [0.3, 0.4) is 0 Å². The van der Waals surface area contributed by atoms with E-state index in [2.05, 4.69) is 17.2 Å². The van der Waals surface area contributed by atoms with E-state index in [0.717, 1.165) is 18.5 Å². The van der Waals surface area contributed by atoms with Gasteiger partial charge in [0.25, 0.3) is 0 Å². The van der Waals surface area contributed by atoms with Crippen LogP contribution in [-0.4, -0.2) is 10.9 Å². The summed E-state index contributed by atoms with van der Waals surface area (Å²) in [6.07, 6.45) is 2.47. The highest BCUT2D eigenvalue weighted by atomic mass is 35.5. The first-order valence-corrected chi connectivity index (χ1v) is 5.75. The van der Waals surface area contributed by atoms with Gasteiger partial charge in [0.15, 0.2) is 5.13 Å². The van der Waals surface area contributed by atoms with Gasteiger partial charge in [-0.1, -0.05) is 36.3 Å². The molecule has 0 bridgehead atoms. The van der Waals surface area contributed by atoms with Crippen LogP contribution >= 0.6 is 22.9 Å². The molecule has 1 amide bonds. The molecule has 0 aliphatic heterocycles. The molecule has 14 heavy (non-hydrogen) atoms. The molecule has 3 nitrogen and oxygen atoms in total. The highest BCUT2D eigenvalue weighted by Crippen LogP contribution is 2.27. The fourth-order valence-corrected chi connectivity index (χ4v) is 1.92. The minimum absolute atomic E-state index is 0.0114. The van der Waals surface area contributed by atoms with Crippen LogP contribution in [-0.2, 0) is 4.79 Å². The number of aryl methyl sites for hydroxylation is 1. The van der Waals surface area contributed by atoms with Crippen LogP contribution in [0.2, 0.25) is 4.34 Å². The Hall–Kier alpha value is -0.610. The van der Waals surface area contributed by atoms with Gasteiger partial charge in [0, 0.05) is 6.42 Å². The second kappa shape index (κ2) is 5.32. The fourth-order valence-electron chi connectivity index (χ4n) is 0.950. The second-order valence-electron chi connectivity index (χ2n) is 3.03. The molecule has 0 aliphatic carbocycles. The summed E-state index contributed by atoms with van der Waals surface area (Å²) < 4.78 is 0.635. The molecule has 1 heterocycles. The second-order valence-corrected chi connectivity index (χ2v) is 4.63. The minimum atomic E-state index is 0.0114. The van der Waals surface area contributed by atoms with Crippen molar-refractivity contribution in [3.8, 4) is 0 Å². The summed E-state index contributed by atoms with van der Waals surface area (Å²) in [4.78, 5) is 15.4. The molecular formula is C9H13ClN2OS. The predicted molar refractivity (Wildman–Crippen MR) is 60.0 cm³/mol. The zero-order valence-electron chi connectivity index (χ0n) is 8.26.